The molecule has 0 aliphatic carbocycles. The number of nitrogens with zero attached hydrogens (tertiary/aromatic N) is 4. The van der Waals surface area contributed by atoms with Gasteiger partial charge in [0.1, 0.15) is 0 Å². The van der Waals surface area contributed by atoms with Crippen LogP contribution in [0.5, 0.6) is 0 Å². The summed E-state index contributed by atoms with van der Waals surface area (Å²) in [5.41, 5.74) is 3.28. The zero-order valence-electron chi connectivity index (χ0n) is 15.3. The van der Waals surface area contributed by atoms with Crippen molar-refractivity contribution in [3.8, 4) is 0 Å². The summed E-state index contributed by atoms with van der Waals surface area (Å²) in [7, 11) is 0. The molecule has 1 aliphatic rings. The van der Waals surface area contributed by atoms with Crippen molar-refractivity contribution in [2.24, 2.45) is 0 Å². The smallest absolute Gasteiger partial charge is 0.222 e. The van der Waals surface area contributed by atoms with Crippen LogP contribution in [0, 0.1) is 13.8 Å². The van der Waals surface area contributed by atoms with E-state index in [1.807, 2.05) is 31.3 Å². The van der Waals surface area contributed by atoms with Crippen molar-refractivity contribution >= 4 is 5.91 Å². The molecule has 1 aliphatic heterocycles. The number of hydrogen-bond acceptors (Lipinski definition) is 3. The minimum Gasteiger partial charge on any atom is -0.338 e. The van der Waals surface area contributed by atoms with Gasteiger partial charge in [-0.3, -0.25) is 14.5 Å². The zero-order chi connectivity index (χ0) is 17.6. The highest BCUT2D eigenvalue weighted by molar-refractivity contribution is 5.76. The van der Waals surface area contributed by atoms with Crippen LogP contribution in [-0.2, 0) is 17.8 Å². The summed E-state index contributed by atoms with van der Waals surface area (Å²) in [4.78, 5) is 19.2. The molecule has 1 amide bonds. The van der Waals surface area contributed by atoms with Gasteiger partial charge in [0.15, 0.2) is 0 Å². The third kappa shape index (κ3) is 4.68. The molecule has 0 saturated carbocycles. The zero-order valence-corrected chi connectivity index (χ0v) is 15.3. The van der Waals surface area contributed by atoms with Crippen LogP contribution in [0.15, 0.2) is 30.5 Å². The lowest BCUT2D eigenvalue weighted by molar-refractivity contribution is -0.135. The third-order valence-electron chi connectivity index (χ3n) is 4.98. The van der Waals surface area contributed by atoms with Crippen LogP contribution < -0.4 is 0 Å². The number of likely N-dealkylation sites (tertiary alicyclic amines) is 1. The SMILES string of the molecule is Cc1cc(C)n(C[C@@H]2CCCCN2C(=O)CCCc2ccccn2)n1. The molecule has 5 nitrogen and oxygen atoms in total. The van der Waals surface area contributed by atoms with Crippen LogP contribution in [0.25, 0.3) is 0 Å². The molecule has 3 rings (SSSR count). The number of hydrogen-bond donors (Lipinski definition) is 0. The molecule has 0 spiro atoms. The molecular weight excluding hydrogens is 312 g/mol. The highest BCUT2D eigenvalue weighted by Crippen LogP contribution is 2.21. The average Bonchev–Trinajstić information content (AvgIpc) is 2.93. The topological polar surface area (TPSA) is 51.0 Å². The van der Waals surface area contributed by atoms with Gasteiger partial charge in [-0.25, -0.2) is 0 Å². The number of amides is 1. The van der Waals surface area contributed by atoms with Crippen LogP contribution in [0.4, 0.5) is 0 Å². The lowest BCUT2D eigenvalue weighted by Gasteiger charge is -2.36. The first kappa shape index (κ1) is 17.6. The molecule has 0 bridgehead atoms. The molecule has 134 valence electrons. The van der Waals surface area contributed by atoms with E-state index < -0.39 is 0 Å². The van der Waals surface area contributed by atoms with Gasteiger partial charge >= 0.3 is 0 Å². The summed E-state index contributed by atoms with van der Waals surface area (Å²) in [5, 5.41) is 4.57. The number of aryl methyl sites for hydroxylation is 3. The van der Waals surface area contributed by atoms with Crippen molar-refractivity contribution in [2.45, 2.75) is 65.0 Å². The van der Waals surface area contributed by atoms with Crippen LogP contribution >= 0.6 is 0 Å². The average molecular weight is 340 g/mol. The van der Waals surface area contributed by atoms with Gasteiger partial charge in [-0.15, -0.1) is 0 Å². The fourth-order valence-corrected chi connectivity index (χ4v) is 3.69. The van der Waals surface area contributed by atoms with Gasteiger partial charge in [-0.2, -0.15) is 5.10 Å². The quantitative estimate of drug-likeness (QED) is 0.811. The summed E-state index contributed by atoms with van der Waals surface area (Å²) in [6.45, 7) is 5.80. The summed E-state index contributed by atoms with van der Waals surface area (Å²) in [6.07, 6.45) is 7.52. The number of piperidine rings is 1. The first-order valence-corrected chi connectivity index (χ1v) is 9.34. The molecule has 1 fully saturated rings. The molecule has 2 aromatic rings. The summed E-state index contributed by atoms with van der Waals surface area (Å²) >= 11 is 0. The predicted octanol–water partition coefficient (Wildman–Crippen LogP) is 3.30. The van der Waals surface area contributed by atoms with E-state index in [1.165, 1.54) is 12.1 Å². The van der Waals surface area contributed by atoms with Gasteiger partial charge in [-0.1, -0.05) is 6.07 Å². The van der Waals surface area contributed by atoms with E-state index in [0.29, 0.717) is 6.42 Å². The van der Waals surface area contributed by atoms with Crippen molar-refractivity contribution < 1.29 is 4.79 Å². The van der Waals surface area contributed by atoms with E-state index in [-0.39, 0.29) is 11.9 Å². The number of carbonyl (C=O) groups is 1. The van der Waals surface area contributed by atoms with E-state index in [2.05, 4.69) is 32.7 Å². The molecule has 25 heavy (non-hydrogen) atoms. The molecule has 0 N–H and O–H groups in total. The van der Waals surface area contributed by atoms with Gasteiger partial charge in [0.2, 0.25) is 5.91 Å². The highest BCUT2D eigenvalue weighted by Gasteiger charge is 2.27. The van der Waals surface area contributed by atoms with Crippen LogP contribution in [0.1, 0.15) is 49.2 Å². The molecule has 1 saturated heterocycles. The Bertz CT molecular complexity index is 695. The maximum Gasteiger partial charge on any atom is 0.222 e. The molecule has 0 unspecified atom stereocenters. The standard InChI is InChI=1S/C20H28N4O/c1-16-14-17(2)24(22-16)15-19-10-4-6-13-23(19)20(25)11-7-9-18-8-3-5-12-21-18/h3,5,8,12,14,19H,4,6-7,9-11,13,15H2,1-2H3/t19-/m0/s1. The maximum absolute atomic E-state index is 12.8. The van der Waals surface area contributed by atoms with E-state index in [4.69, 9.17) is 0 Å². The Morgan fingerprint density at radius 2 is 2.16 bits per heavy atom. The van der Waals surface area contributed by atoms with Crippen molar-refractivity contribution in [2.75, 3.05) is 6.54 Å². The van der Waals surface area contributed by atoms with Crippen LogP contribution in [0.2, 0.25) is 0 Å². The first-order chi connectivity index (χ1) is 12.1. The molecule has 5 heteroatoms. The summed E-state index contributed by atoms with van der Waals surface area (Å²) in [6, 6.07) is 8.32. The maximum atomic E-state index is 12.8. The molecular formula is C20H28N4O. The van der Waals surface area contributed by atoms with Gasteiger partial charge in [0.05, 0.1) is 18.3 Å². The van der Waals surface area contributed by atoms with E-state index in [9.17, 15) is 4.79 Å². The van der Waals surface area contributed by atoms with Gasteiger partial charge in [0.25, 0.3) is 0 Å². The monoisotopic (exact) mass is 340 g/mol. The summed E-state index contributed by atoms with van der Waals surface area (Å²) < 4.78 is 2.06. The molecule has 2 aromatic heterocycles. The summed E-state index contributed by atoms with van der Waals surface area (Å²) in [5.74, 6) is 0.280. The molecule has 0 radical (unpaired) electrons. The third-order valence-corrected chi connectivity index (χ3v) is 4.98. The van der Waals surface area contributed by atoms with E-state index in [1.54, 1.807) is 0 Å². The van der Waals surface area contributed by atoms with Crippen molar-refractivity contribution in [1.29, 1.82) is 0 Å². The minimum atomic E-state index is 0.272. The van der Waals surface area contributed by atoms with Gasteiger partial charge in [-0.05, 0) is 64.2 Å². The van der Waals surface area contributed by atoms with E-state index >= 15 is 0 Å². The second-order valence-corrected chi connectivity index (χ2v) is 7.02. The van der Waals surface area contributed by atoms with Crippen molar-refractivity contribution in [3.63, 3.8) is 0 Å². The first-order valence-electron chi connectivity index (χ1n) is 9.34. The van der Waals surface area contributed by atoms with Gasteiger partial charge < -0.3 is 4.90 Å². The number of carbonyl (C=O) groups excluding carboxylic acids is 1. The number of rotatable bonds is 6. The Kier molecular flexibility index (Phi) is 5.84. The van der Waals surface area contributed by atoms with Crippen molar-refractivity contribution in [3.05, 3.63) is 47.5 Å². The predicted molar refractivity (Wildman–Crippen MR) is 98.2 cm³/mol. The highest BCUT2D eigenvalue weighted by atomic mass is 16.2. The Balaban J connectivity index is 1.56. The molecule has 1 atom stereocenters. The van der Waals surface area contributed by atoms with Crippen molar-refractivity contribution in [1.82, 2.24) is 19.7 Å². The Hall–Kier alpha value is -2.17. The minimum absolute atomic E-state index is 0.272. The Labute approximate surface area is 150 Å². The normalized spacial score (nSPS) is 17.7. The lowest BCUT2D eigenvalue weighted by atomic mass is 10.0. The number of pyridine rings is 1. The molecule has 0 aromatic carbocycles. The Morgan fingerprint density at radius 3 is 2.88 bits per heavy atom. The Morgan fingerprint density at radius 1 is 1.28 bits per heavy atom. The number of aromatic nitrogens is 3. The lowest BCUT2D eigenvalue weighted by Crippen LogP contribution is -2.46. The second-order valence-electron chi connectivity index (χ2n) is 7.02. The second kappa shape index (κ2) is 8.28. The largest absolute Gasteiger partial charge is 0.338 e. The molecule has 3 heterocycles. The van der Waals surface area contributed by atoms with Gasteiger partial charge in [0, 0.05) is 30.6 Å². The van der Waals surface area contributed by atoms with E-state index in [0.717, 1.165) is 50.2 Å². The van der Waals surface area contributed by atoms with Crippen LogP contribution in [-0.4, -0.2) is 38.2 Å². The van der Waals surface area contributed by atoms with Crippen LogP contribution in [0.3, 0.4) is 0 Å². The fraction of sp³-hybridized carbons (Fsp3) is 0.550. The fourth-order valence-electron chi connectivity index (χ4n) is 3.69.